The Kier molecular flexibility index (Phi) is 5.18. The van der Waals surface area contributed by atoms with Gasteiger partial charge in [-0.05, 0) is 25.1 Å². The number of rotatable bonds is 8. The third-order valence-electron chi connectivity index (χ3n) is 4.31. The standard InChI is InChI=1S/C18H26N2O/c1-4-6-9-12-18(14-20(3)13-5-2)15-10-7-8-11-16(15)19-17(18)21/h5,7-8,10-11H,2,4,6,9,12-14H2,1,3H3,(H,19,21). The van der Waals surface area contributed by atoms with E-state index in [1.165, 1.54) is 12.8 Å². The first kappa shape index (κ1) is 15.8. The number of anilines is 1. The van der Waals surface area contributed by atoms with Crippen molar-refractivity contribution in [3.63, 3.8) is 0 Å². The zero-order valence-corrected chi connectivity index (χ0v) is 13.2. The summed E-state index contributed by atoms with van der Waals surface area (Å²) >= 11 is 0. The van der Waals surface area contributed by atoms with Gasteiger partial charge in [0.25, 0.3) is 0 Å². The minimum atomic E-state index is -0.413. The molecule has 21 heavy (non-hydrogen) atoms. The number of likely N-dealkylation sites (N-methyl/N-ethyl adjacent to an activating group) is 1. The summed E-state index contributed by atoms with van der Waals surface area (Å²) in [5.74, 6) is 0.149. The van der Waals surface area contributed by atoms with Crippen molar-refractivity contribution in [2.45, 2.75) is 38.0 Å². The van der Waals surface area contributed by atoms with Gasteiger partial charge in [-0.3, -0.25) is 4.79 Å². The van der Waals surface area contributed by atoms with E-state index >= 15 is 0 Å². The van der Waals surface area contributed by atoms with Crippen molar-refractivity contribution >= 4 is 11.6 Å². The molecule has 1 aliphatic rings. The molecule has 0 saturated heterocycles. The van der Waals surface area contributed by atoms with Crippen LogP contribution in [0, 0.1) is 0 Å². The first-order valence-corrected chi connectivity index (χ1v) is 7.84. The summed E-state index contributed by atoms with van der Waals surface area (Å²) in [6.07, 6.45) is 6.22. The first-order chi connectivity index (χ1) is 10.1. The minimum absolute atomic E-state index is 0.149. The van der Waals surface area contributed by atoms with E-state index in [0.29, 0.717) is 0 Å². The maximum absolute atomic E-state index is 12.7. The lowest BCUT2D eigenvalue weighted by Gasteiger charge is -2.32. The molecular formula is C18H26N2O. The molecule has 2 rings (SSSR count). The van der Waals surface area contributed by atoms with Crippen molar-refractivity contribution < 1.29 is 4.79 Å². The van der Waals surface area contributed by atoms with Crippen LogP contribution in [0.25, 0.3) is 0 Å². The van der Waals surface area contributed by atoms with Gasteiger partial charge < -0.3 is 10.2 Å². The second-order valence-corrected chi connectivity index (χ2v) is 6.02. The predicted octanol–water partition coefficient (Wildman–Crippen LogP) is 3.57. The zero-order valence-electron chi connectivity index (χ0n) is 13.2. The summed E-state index contributed by atoms with van der Waals surface area (Å²) in [4.78, 5) is 14.9. The average molecular weight is 286 g/mol. The van der Waals surface area contributed by atoms with Crippen molar-refractivity contribution in [2.24, 2.45) is 0 Å². The number of carbonyl (C=O) groups is 1. The number of hydrogen-bond acceptors (Lipinski definition) is 2. The van der Waals surface area contributed by atoms with E-state index in [2.05, 4.69) is 36.8 Å². The fourth-order valence-corrected chi connectivity index (χ4v) is 3.28. The number of amides is 1. The largest absolute Gasteiger partial charge is 0.325 e. The fraction of sp³-hybridized carbons (Fsp3) is 0.500. The summed E-state index contributed by atoms with van der Waals surface area (Å²) in [5, 5.41) is 3.07. The van der Waals surface area contributed by atoms with Gasteiger partial charge in [0.2, 0.25) is 5.91 Å². The smallest absolute Gasteiger partial charge is 0.236 e. The van der Waals surface area contributed by atoms with Crippen molar-refractivity contribution in [1.29, 1.82) is 0 Å². The number of benzene rings is 1. The van der Waals surface area contributed by atoms with Crippen molar-refractivity contribution in [3.8, 4) is 0 Å². The highest BCUT2D eigenvalue weighted by molar-refractivity contribution is 6.06. The normalized spacial score (nSPS) is 20.4. The molecule has 0 spiro atoms. The molecule has 0 radical (unpaired) electrons. The molecule has 1 amide bonds. The maximum Gasteiger partial charge on any atom is 0.236 e. The van der Waals surface area contributed by atoms with E-state index in [0.717, 1.165) is 37.2 Å². The average Bonchev–Trinajstić information content (AvgIpc) is 2.73. The van der Waals surface area contributed by atoms with Gasteiger partial charge in [-0.25, -0.2) is 0 Å². The van der Waals surface area contributed by atoms with Gasteiger partial charge in [-0.15, -0.1) is 6.58 Å². The summed E-state index contributed by atoms with van der Waals surface area (Å²) in [5.41, 5.74) is 1.72. The Morgan fingerprint density at radius 3 is 2.81 bits per heavy atom. The molecule has 1 aromatic rings. The molecule has 1 aromatic carbocycles. The Morgan fingerprint density at radius 1 is 1.33 bits per heavy atom. The van der Waals surface area contributed by atoms with Crippen LogP contribution in [0.2, 0.25) is 0 Å². The molecule has 1 N–H and O–H groups in total. The van der Waals surface area contributed by atoms with E-state index in [4.69, 9.17) is 0 Å². The van der Waals surface area contributed by atoms with Crippen LogP contribution in [-0.4, -0.2) is 30.9 Å². The molecule has 3 nitrogen and oxygen atoms in total. The van der Waals surface area contributed by atoms with Gasteiger partial charge in [-0.1, -0.05) is 50.5 Å². The van der Waals surface area contributed by atoms with Crippen LogP contribution in [0.15, 0.2) is 36.9 Å². The van der Waals surface area contributed by atoms with E-state index < -0.39 is 5.41 Å². The van der Waals surface area contributed by atoms with Crippen LogP contribution in [0.3, 0.4) is 0 Å². The number of hydrogen-bond donors (Lipinski definition) is 1. The Hall–Kier alpha value is -1.61. The summed E-state index contributed by atoms with van der Waals surface area (Å²) in [6.45, 7) is 7.53. The van der Waals surface area contributed by atoms with E-state index in [1.807, 2.05) is 24.3 Å². The molecule has 0 bridgehead atoms. The highest BCUT2D eigenvalue weighted by Gasteiger charge is 2.46. The molecule has 0 fully saturated rings. The number of unbranched alkanes of at least 4 members (excludes halogenated alkanes) is 2. The quantitative estimate of drug-likeness (QED) is 0.585. The van der Waals surface area contributed by atoms with Crippen LogP contribution in [0.4, 0.5) is 5.69 Å². The summed E-state index contributed by atoms with van der Waals surface area (Å²) in [6, 6.07) is 8.11. The second kappa shape index (κ2) is 6.90. The molecule has 1 aliphatic heterocycles. The van der Waals surface area contributed by atoms with Gasteiger partial charge in [0.15, 0.2) is 0 Å². The van der Waals surface area contributed by atoms with Crippen LogP contribution < -0.4 is 5.32 Å². The molecule has 1 unspecified atom stereocenters. The lowest BCUT2D eigenvalue weighted by atomic mass is 9.76. The third kappa shape index (κ3) is 3.18. The molecule has 1 heterocycles. The highest BCUT2D eigenvalue weighted by Crippen LogP contribution is 2.41. The molecule has 0 aliphatic carbocycles. The van der Waals surface area contributed by atoms with Crippen LogP contribution in [0.5, 0.6) is 0 Å². The number of para-hydroxylation sites is 1. The first-order valence-electron chi connectivity index (χ1n) is 7.84. The molecule has 0 saturated carbocycles. The fourth-order valence-electron chi connectivity index (χ4n) is 3.28. The van der Waals surface area contributed by atoms with Gasteiger partial charge >= 0.3 is 0 Å². The van der Waals surface area contributed by atoms with E-state index in [1.54, 1.807) is 0 Å². The van der Waals surface area contributed by atoms with Gasteiger partial charge in [0, 0.05) is 18.8 Å². The summed E-state index contributed by atoms with van der Waals surface area (Å²) in [7, 11) is 2.05. The lowest BCUT2D eigenvalue weighted by molar-refractivity contribution is -0.121. The molecule has 1 atom stereocenters. The van der Waals surface area contributed by atoms with Crippen molar-refractivity contribution in [3.05, 3.63) is 42.5 Å². The molecule has 0 aromatic heterocycles. The van der Waals surface area contributed by atoms with E-state index in [-0.39, 0.29) is 5.91 Å². The Morgan fingerprint density at radius 2 is 2.10 bits per heavy atom. The van der Waals surface area contributed by atoms with Crippen LogP contribution in [0.1, 0.15) is 38.2 Å². The van der Waals surface area contributed by atoms with Gasteiger partial charge in [0.1, 0.15) is 0 Å². The van der Waals surface area contributed by atoms with Crippen molar-refractivity contribution in [2.75, 3.05) is 25.5 Å². The SMILES string of the molecule is C=CCN(C)CC1(CCCCC)C(=O)Nc2ccccc21. The minimum Gasteiger partial charge on any atom is -0.325 e. The Balaban J connectivity index is 2.31. The number of nitrogens with one attached hydrogen (secondary N) is 1. The highest BCUT2D eigenvalue weighted by atomic mass is 16.2. The van der Waals surface area contributed by atoms with Gasteiger partial charge in [0.05, 0.1) is 5.41 Å². The summed E-state index contributed by atoms with van der Waals surface area (Å²) < 4.78 is 0. The maximum atomic E-state index is 12.7. The number of fused-ring (bicyclic) bond motifs is 1. The van der Waals surface area contributed by atoms with Crippen LogP contribution in [-0.2, 0) is 10.2 Å². The third-order valence-corrected chi connectivity index (χ3v) is 4.31. The number of nitrogens with zero attached hydrogens (tertiary/aromatic N) is 1. The Bertz CT molecular complexity index is 512. The topological polar surface area (TPSA) is 32.3 Å². The Labute approximate surface area is 128 Å². The van der Waals surface area contributed by atoms with Crippen LogP contribution >= 0.6 is 0 Å². The molecule has 3 heteroatoms. The monoisotopic (exact) mass is 286 g/mol. The lowest BCUT2D eigenvalue weighted by Crippen LogP contribution is -2.44. The van der Waals surface area contributed by atoms with E-state index in [9.17, 15) is 4.79 Å². The zero-order chi connectivity index (χ0) is 15.3. The molecule has 114 valence electrons. The van der Waals surface area contributed by atoms with Crippen molar-refractivity contribution in [1.82, 2.24) is 4.90 Å². The molecular weight excluding hydrogens is 260 g/mol. The predicted molar refractivity (Wildman–Crippen MR) is 88.6 cm³/mol. The van der Waals surface area contributed by atoms with Gasteiger partial charge in [-0.2, -0.15) is 0 Å². The second-order valence-electron chi connectivity index (χ2n) is 6.02. The number of carbonyl (C=O) groups excluding carboxylic acids is 1.